The van der Waals surface area contributed by atoms with Crippen molar-refractivity contribution < 1.29 is 9.26 Å². The number of hydrogen-bond acceptors (Lipinski definition) is 8. The Balaban J connectivity index is 1.30. The van der Waals surface area contributed by atoms with Crippen molar-refractivity contribution in [2.24, 2.45) is 0 Å². The topological polar surface area (TPSA) is 110 Å². The van der Waals surface area contributed by atoms with E-state index in [2.05, 4.69) is 50.8 Å². The fourth-order valence-electron chi connectivity index (χ4n) is 4.10. The van der Waals surface area contributed by atoms with Gasteiger partial charge in [0, 0.05) is 49.2 Å². The summed E-state index contributed by atoms with van der Waals surface area (Å²) < 4.78 is 11.0. The van der Waals surface area contributed by atoms with E-state index in [1.54, 1.807) is 18.6 Å². The van der Waals surface area contributed by atoms with Crippen molar-refractivity contribution in [3.8, 4) is 40.0 Å². The molecule has 0 spiro atoms. The molecule has 0 aliphatic carbocycles. The molecule has 0 unspecified atom stereocenters. The predicted octanol–water partition coefficient (Wildman–Crippen LogP) is 4.93. The van der Waals surface area contributed by atoms with Gasteiger partial charge in [-0.1, -0.05) is 29.4 Å². The van der Waals surface area contributed by atoms with Crippen LogP contribution < -0.4 is 5.32 Å². The lowest BCUT2D eigenvalue weighted by Crippen LogP contribution is -2.34. The molecule has 8 heteroatoms. The van der Waals surface area contributed by atoms with E-state index < -0.39 is 5.41 Å². The van der Waals surface area contributed by atoms with Crippen molar-refractivity contribution in [3.63, 3.8) is 0 Å². The van der Waals surface area contributed by atoms with Gasteiger partial charge in [-0.2, -0.15) is 5.26 Å². The number of aromatic nitrogens is 4. The highest BCUT2D eigenvalue weighted by Gasteiger charge is 2.22. The number of nitrogens with one attached hydrogen (secondary N) is 1. The lowest BCUT2D eigenvalue weighted by Gasteiger charge is -2.23. The smallest absolute Gasteiger partial charge is 0.187 e. The second-order valence-corrected chi connectivity index (χ2v) is 9.50. The Morgan fingerprint density at radius 1 is 1.00 bits per heavy atom. The van der Waals surface area contributed by atoms with Crippen molar-refractivity contribution in [3.05, 3.63) is 72.3 Å². The van der Waals surface area contributed by atoms with Crippen molar-refractivity contribution in [1.29, 1.82) is 5.26 Å². The van der Waals surface area contributed by atoms with E-state index in [0.717, 1.165) is 49.4 Å². The number of nitriles is 1. The van der Waals surface area contributed by atoms with Crippen LogP contribution in [0.15, 0.2) is 65.6 Å². The highest BCUT2D eigenvalue weighted by atomic mass is 16.5. The van der Waals surface area contributed by atoms with E-state index in [1.165, 1.54) is 5.56 Å². The number of nitrogens with zero attached hydrogens (tertiary/aromatic N) is 5. The molecule has 0 amide bonds. The lowest BCUT2D eigenvalue weighted by molar-refractivity contribution is 0.0776. The molecular formula is C28H28N6O2. The van der Waals surface area contributed by atoms with Gasteiger partial charge in [0.1, 0.15) is 11.4 Å². The summed E-state index contributed by atoms with van der Waals surface area (Å²) in [5.74, 6) is 0.538. The second kappa shape index (κ2) is 10.4. The Kier molecular flexibility index (Phi) is 6.85. The minimum absolute atomic E-state index is 0.518. The Morgan fingerprint density at radius 2 is 1.78 bits per heavy atom. The molecular weight excluding hydrogens is 452 g/mol. The van der Waals surface area contributed by atoms with Crippen LogP contribution in [0.1, 0.15) is 37.9 Å². The molecule has 4 heterocycles. The largest absolute Gasteiger partial charge is 0.381 e. The van der Waals surface area contributed by atoms with Gasteiger partial charge in [-0.15, -0.1) is 0 Å². The van der Waals surface area contributed by atoms with E-state index >= 15 is 0 Å². The average molecular weight is 481 g/mol. The summed E-state index contributed by atoms with van der Waals surface area (Å²) in [7, 11) is 0. The number of hydrogen-bond donors (Lipinski definition) is 1. The molecule has 0 radical (unpaired) electrons. The van der Waals surface area contributed by atoms with Crippen LogP contribution in [0.5, 0.6) is 0 Å². The van der Waals surface area contributed by atoms with Gasteiger partial charge < -0.3 is 14.6 Å². The fraction of sp³-hybridized carbons (Fsp3) is 0.321. The fourth-order valence-corrected chi connectivity index (χ4v) is 4.10. The van der Waals surface area contributed by atoms with Gasteiger partial charge in [-0.05, 0) is 44.4 Å². The molecule has 1 aliphatic heterocycles. The number of benzene rings is 1. The summed E-state index contributed by atoms with van der Waals surface area (Å²) in [6.07, 6.45) is 7.15. The highest BCUT2D eigenvalue weighted by molar-refractivity contribution is 5.67. The third-order valence-corrected chi connectivity index (χ3v) is 6.44. The first-order chi connectivity index (χ1) is 17.5. The molecule has 4 aromatic rings. The van der Waals surface area contributed by atoms with Gasteiger partial charge in [0.2, 0.25) is 0 Å². The van der Waals surface area contributed by atoms with E-state index in [9.17, 15) is 5.26 Å². The van der Waals surface area contributed by atoms with Gasteiger partial charge in [0.05, 0.1) is 35.3 Å². The number of pyridine rings is 1. The van der Waals surface area contributed by atoms with Gasteiger partial charge >= 0.3 is 0 Å². The van der Waals surface area contributed by atoms with E-state index in [-0.39, 0.29) is 0 Å². The first-order valence-corrected chi connectivity index (χ1v) is 12.1. The van der Waals surface area contributed by atoms with Crippen LogP contribution in [0.25, 0.3) is 34.0 Å². The van der Waals surface area contributed by atoms with Gasteiger partial charge in [0.25, 0.3) is 0 Å². The Bertz CT molecular complexity index is 1370. The van der Waals surface area contributed by atoms with Crippen LogP contribution in [0, 0.1) is 11.3 Å². The summed E-state index contributed by atoms with van der Waals surface area (Å²) in [6.45, 7) is 6.18. The SMILES string of the molecule is CC(C)(C#N)c1cc(-c2cncc(-c3cc(-c4ccc(CNC5CCOCC5)cc4)no3)n2)ccn1. The zero-order valence-electron chi connectivity index (χ0n) is 20.4. The molecule has 1 saturated heterocycles. The quantitative estimate of drug-likeness (QED) is 0.396. The predicted molar refractivity (Wildman–Crippen MR) is 136 cm³/mol. The van der Waals surface area contributed by atoms with E-state index in [0.29, 0.717) is 28.9 Å². The van der Waals surface area contributed by atoms with Gasteiger partial charge in [0.15, 0.2) is 5.76 Å². The molecule has 0 atom stereocenters. The Morgan fingerprint density at radius 3 is 2.56 bits per heavy atom. The van der Waals surface area contributed by atoms with Crippen LogP contribution in [0.2, 0.25) is 0 Å². The standard InChI is InChI=1S/C28H28N6O2/c1-28(2,18-29)27-13-21(7-10-31-27)24-16-30-17-25(33-24)26-14-23(34-36-26)20-5-3-19(4-6-20)15-32-22-8-11-35-12-9-22/h3-7,10,13-14,16-17,22,32H,8-9,11-12,15H2,1-2H3. The minimum atomic E-state index is -0.697. The van der Waals surface area contributed by atoms with Crippen LogP contribution in [0.4, 0.5) is 0 Å². The summed E-state index contributed by atoms with van der Waals surface area (Å²) in [6, 6.07) is 16.7. The molecule has 1 N–H and O–H groups in total. The molecule has 1 fully saturated rings. The second-order valence-electron chi connectivity index (χ2n) is 9.50. The molecule has 3 aromatic heterocycles. The zero-order chi connectivity index (χ0) is 25.0. The molecule has 8 nitrogen and oxygen atoms in total. The van der Waals surface area contributed by atoms with Crippen LogP contribution >= 0.6 is 0 Å². The summed E-state index contributed by atoms with van der Waals surface area (Å²) in [5.41, 5.74) is 5.02. The average Bonchev–Trinajstić information content (AvgIpc) is 3.43. The maximum Gasteiger partial charge on any atom is 0.187 e. The number of ether oxygens (including phenoxy) is 1. The van der Waals surface area contributed by atoms with Crippen molar-refractivity contribution in [1.82, 2.24) is 25.4 Å². The van der Waals surface area contributed by atoms with Crippen molar-refractivity contribution in [2.45, 2.75) is 44.7 Å². The summed E-state index contributed by atoms with van der Waals surface area (Å²) >= 11 is 0. The van der Waals surface area contributed by atoms with Crippen molar-refractivity contribution >= 4 is 0 Å². The molecule has 0 bridgehead atoms. The van der Waals surface area contributed by atoms with Gasteiger partial charge in [-0.3, -0.25) is 9.97 Å². The maximum absolute atomic E-state index is 9.45. The molecule has 5 rings (SSSR count). The van der Waals surface area contributed by atoms with Crippen LogP contribution in [-0.2, 0) is 16.7 Å². The lowest BCUT2D eigenvalue weighted by atomic mass is 9.90. The monoisotopic (exact) mass is 480 g/mol. The molecule has 0 saturated carbocycles. The van der Waals surface area contributed by atoms with Crippen LogP contribution in [0.3, 0.4) is 0 Å². The molecule has 182 valence electrons. The Hall–Kier alpha value is -3.93. The molecule has 36 heavy (non-hydrogen) atoms. The van der Waals surface area contributed by atoms with Gasteiger partial charge in [-0.25, -0.2) is 4.98 Å². The van der Waals surface area contributed by atoms with Crippen molar-refractivity contribution in [2.75, 3.05) is 13.2 Å². The zero-order valence-corrected chi connectivity index (χ0v) is 20.4. The summed E-state index contributed by atoms with van der Waals surface area (Å²) in [5, 5.41) is 17.3. The highest BCUT2D eigenvalue weighted by Crippen LogP contribution is 2.28. The van der Waals surface area contributed by atoms with E-state index in [4.69, 9.17) is 14.2 Å². The molecule has 1 aromatic carbocycles. The normalized spacial score (nSPS) is 14.5. The maximum atomic E-state index is 9.45. The third-order valence-electron chi connectivity index (χ3n) is 6.44. The first-order valence-electron chi connectivity index (χ1n) is 12.1. The molecule has 1 aliphatic rings. The van der Waals surface area contributed by atoms with E-state index in [1.807, 2.05) is 32.0 Å². The number of rotatable bonds is 7. The summed E-state index contributed by atoms with van der Waals surface area (Å²) in [4.78, 5) is 13.4. The third kappa shape index (κ3) is 5.33. The first kappa shape index (κ1) is 23.8. The minimum Gasteiger partial charge on any atom is -0.381 e. The van der Waals surface area contributed by atoms with Crippen LogP contribution in [-0.4, -0.2) is 39.4 Å². The Labute approximate surface area is 210 Å².